The molecule has 0 amide bonds. The van der Waals surface area contributed by atoms with E-state index in [-0.39, 0.29) is 0 Å². The van der Waals surface area contributed by atoms with Crippen LogP contribution in [0.15, 0.2) is 4.99 Å². The summed E-state index contributed by atoms with van der Waals surface area (Å²) in [6.07, 6.45) is 8.24. The number of guanidine groups is 1. The Hall–Kier alpha value is -0.820. The second-order valence-electron chi connectivity index (χ2n) is 7.70. The standard InChI is InChI=1S/C17H32N4O2S/c1-18-16(19-8-10-20-11-13-24(22,23)14-12-20)21-9-7-17(15-21)5-3-2-4-6-17/h2-15H2,1H3,(H,18,19). The van der Waals surface area contributed by atoms with Gasteiger partial charge in [0.05, 0.1) is 11.5 Å². The average Bonchev–Trinajstić information content (AvgIpc) is 2.97. The van der Waals surface area contributed by atoms with Crippen molar-refractivity contribution in [3.8, 4) is 0 Å². The second-order valence-corrected chi connectivity index (χ2v) is 10.0. The SMILES string of the molecule is CN=C(NCCN1CCS(=O)(=O)CC1)N1CCC2(CCCCC2)C1. The Bertz CT molecular complexity index is 541. The van der Waals surface area contributed by atoms with Gasteiger partial charge in [0.15, 0.2) is 15.8 Å². The maximum atomic E-state index is 11.5. The van der Waals surface area contributed by atoms with Crippen LogP contribution < -0.4 is 5.32 Å². The lowest BCUT2D eigenvalue weighted by Crippen LogP contribution is -2.47. The van der Waals surface area contributed by atoms with E-state index >= 15 is 0 Å². The van der Waals surface area contributed by atoms with Gasteiger partial charge in [-0.1, -0.05) is 19.3 Å². The van der Waals surface area contributed by atoms with Gasteiger partial charge in [0.1, 0.15) is 0 Å². The lowest BCUT2D eigenvalue weighted by Gasteiger charge is -2.34. The maximum Gasteiger partial charge on any atom is 0.193 e. The van der Waals surface area contributed by atoms with E-state index in [1.54, 1.807) is 0 Å². The third-order valence-corrected chi connectivity index (χ3v) is 7.62. The van der Waals surface area contributed by atoms with Crippen LogP contribution in [0.3, 0.4) is 0 Å². The predicted octanol–water partition coefficient (Wildman–Crippen LogP) is 0.948. The monoisotopic (exact) mass is 356 g/mol. The van der Waals surface area contributed by atoms with E-state index in [0.29, 0.717) is 30.0 Å². The van der Waals surface area contributed by atoms with Gasteiger partial charge in [0, 0.05) is 46.3 Å². The Morgan fingerprint density at radius 2 is 1.79 bits per heavy atom. The molecular formula is C17H32N4O2S. The molecule has 2 aliphatic heterocycles. The van der Waals surface area contributed by atoms with Gasteiger partial charge in [-0.05, 0) is 24.7 Å². The molecule has 3 fully saturated rings. The molecule has 1 aliphatic carbocycles. The summed E-state index contributed by atoms with van der Waals surface area (Å²) in [5.41, 5.74) is 0.539. The van der Waals surface area contributed by atoms with Crippen LogP contribution in [0, 0.1) is 5.41 Å². The van der Waals surface area contributed by atoms with E-state index in [4.69, 9.17) is 0 Å². The first-order chi connectivity index (χ1) is 11.5. The maximum absolute atomic E-state index is 11.5. The summed E-state index contributed by atoms with van der Waals surface area (Å²) in [5.74, 6) is 1.62. The van der Waals surface area contributed by atoms with E-state index in [2.05, 4.69) is 20.1 Å². The van der Waals surface area contributed by atoms with Gasteiger partial charge in [-0.3, -0.25) is 9.89 Å². The van der Waals surface area contributed by atoms with Crippen molar-refractivity contribution in [3.63, 3.8) is 0 Å². The zero-order valence-electron chi connectivity index (χ0n) is 15.0. The minimum Gasteiger partial charge on any atom is -0.355 e. The lowest BCUT2D eigenvalue weighted by atomic mass is 9.73. The molecule has 0 aromatic heterocycles. The van der Waals surface area contributed by atoms with Crippen molar-refractivity contribution >= 4 is 15.8 Å². The molecule has 3 aliphatic rings. The Labute approximate surface area is 146 Å². The molecule has 0 aromatic carbocycles. The predicted molar refractivity (Wildman–Crippen MR) is 98.2 cm³/mol. The highest BCUT2D eigenvalue weighted by Crippen LogP contribution is 2.43. The van der Waals surface area contributed by atoms with Gasteiger partial charge in [0.2, 0.25) is 0 Å². The number of nitrogens with one attached hydrogen (secondary N) is 1. The largest absolute Gasteiger partial charge is 0.355 e. The van der Waals surface area contributed by atoms with Crippen molar-refractivity contribution in [2.24, 2.45) is 10.4 Å². The fourth-order valence-corrected chi connectivity index (χ4v) is 5.73. The van der Waals surface area contributed by atoms with Crippen LogP contribution in [0.1, 0.15) is 38.5 Å². The molecular weight excluding hydrogens is 324 g/mol. The molecule has 2 heterocycles. The molecule has 3 rings (SSSR count). The summed E-state index contributed by atoms with van der Waals surface area (Å²) >= 11 is 0. The number of aliphatic imine (C=N–C) groups is 1. The van der Waals surface area contributed by atoms with Crippen LogP contribution in [0.2, 0.25) is 0 Å². The van der Waals surface area contributed by atoms with Gasteiger partial charge in [-0.15, -0.1) is 0 Å². The molecule has 24 heavy (non-hydrogen) atoms. The number of hydrogen-bond donors (Lipinski definition) is 1. The lowest BCUT2D eigenvalue weighted by molar-refractivity contribution is 0.203. The van der Waals surface area contributed by atoms with Crippen molar-refractivity contribution in [2.75, 3.05) is 57.8 Å². The van der Waals surface area contributed by atoms with Crippen molar-refractivity contribution in [2.45, 2.75) is 38.5 Å². The average molecular weight is 357 g/mol. The van der Waals surface area contributed by atoms with Crippen molar-refractivity contribution in [1.29, 1.82) is 0 Å². The number of sulfone groups is 1. The first-order valence-electron chi connectivity index (χ1n) is 9.40. The van der Waals surface area contributed by atoms with Gasteiger partial charge in [0.25, 0.3) is 0 Å². The summed E-state index contributed by atoms with van der Waals surface area (Å²) in [5, 5.41) is 3.49. The molecule has 0 unspecified atom stereocenters. The molecule has 0 aromatic rings. The second kappa shape index (κ2) is 7.60. The van der Waals surface area contributed by atoms with Gasteiger partial charge in [-0.2, -0.15) is 0 Å². The highest BCUT2D eigenvalue weighted by Gasteiger charge is 2.39. The van der Waals surface area contributed by atoms with Crippen molar-refractivity contribution < 1.29 is 8.42 Å². The van der Waals surface area contributed by atoms with Crippen LogP contribution in [0.25, 0.3) is 0 Å². The molecule has 2 saturated heterocycles. The topological polar surface area (TPSA) is 65.0 Å². The van der Waals surface area contributed by atoms with Gasteiger partial charge >= 0.3 is 0 Å². The number of rotatable bonds is 3. The molecule has 1 N–H and O–H groups in total. The quantitative estimate of drug-likeness (QED) is 0.602. The highest BCUT2D eigenvalue weighted by atomic mass is 32.2. The molecule has 0 radical (unpaired) electrons. The van der Waals surface area contributed by atoms with Gasteiger partial charge < -0.3 is 10.2 Å². The molecule has 0 bridgehead atoms. The van der Waals surface area contributed by atoms with Crippen molar-refractivity contribution in [1.82, 2.24) is 15.1 Å². The normalized spacial score (nSPS) is 27.5. The number of nitrogens with zero attached hydrogens (tertiary/aromatic N) is 3. The molecule has 138 valence electrons. The fourth-order valence-electron chi connectivity index (χ4n) is 4.46. The minimum absolute atomic E-state index is 0.302. The smallest absolute Gasteiger partial charge is 0.193 e. The number of likely N-dealkylation sites (tertiary alicyclic amines) is 1. The summed E-state index contributed by atoms with van der Waals surface area (Å²) in [4.78, 5) is 9.12. The summed E-state index contributed by atoms with van der Waals surface area (Å²) in [6.45, 7) is 5.30. The molecule has 7 heteroatoms. The Kier molecular flexibility index (Phi) is 5.70. The van der Waals surface area contributed by atoms with E-state index in [1.807, 2.05) is 7.05 Å². The molecule has 1 spiro atoms. The Morgan fingerprint density at radius 3 is 2.46 bits per heavy atom. The third kappa shape index (κ3) is 4.42. The minimum atomic E-state index is -2.78. The summed E-state index contributed by atoms with van der Waals surface area (Å²) in [7, 11) is -0.922. The first-order valence-corrected chi connectivity index (χ1v) is 11.2. The van der Waals surface area contributed by atoms with Crippen LogP contribution in [0.5, 0.6) is 0 Å². The first kappa shape index (κ1) is 18.0. The Morgan fingerprint density at radius 1 is 1.08 bits per heavy atom. The summed E-state index contributed by atoms with van der Waals surface area (Å²) in [6, 6.07) is 0. The van der Waals surface area contributed by atoms with Gasteiger partial charge in [-0.25, -0.2) is 8.42 Å². The third-order valence-electron chi connectivity index (χ3n) is 6.01. The molecule has 0 atom stereocenters. The van der Waals surface area contributed by atoms with Crippen LogP contribution in [0.4, 0.5) is 0 Å². The van der Waals surface area contributed by atoms with E-state index < -0.39 is 9.84 Å². The molecule has 6 nitrogen and oxygen atoms in total. The number of hydrogen-bond acceptors (Lipinski definition) is 4. The van der Waals surface area contributed by atoms with E-state index in [9.17, 15) is 8.42 Å². The van der Waals surface area contributed by atoms with Crippen molar-refractivity contribution in [3.05, 3.63) is 0 Å². The zero-order valence-corrected chi connectivity index (χ0v) is 15.8. The summed E-state index contributed by atoms with van der Waals surface area (Å²) < 4.78 is 23.0. The van der Waals surface area contributed by atoms with E-state index in [0.717, 1.165) is 32.1 Å². The highest BCUT2D eigenvalue weighted by molar-refractivity contribution is 7.91. The van der Waals surface area contributed by atoms with Crippen LogP contribution in [-0.2, 0) is 9.84 Å². The zero-order chi connectivity index (χ0) is 17.0. The van der Waals surface area contributed by atoms with E-state index in [1.165, 1.54) is 38.5 Å². The van der Waals surface area contributed by atoms with Crippen LogP contribution >= 0.6 is 0 Å². The van der Waals surface area contributed by atoms with Crippen LogP contribution in [-0.4, -0.2) is 82.0 Å². The fraction of sp³-hybridized carbons (Fsp3) is 0.941. The Balaban J connectivity index is 1.43. The molecule has 1 saturated carbocycles.